The van der Waals surface area contributed by atoms with Gasteiger partial charge in [0.05, 0.1) is 0 Å². The highest BCUT2D eigenvalue weighted by molar-refractivity contribution is 6.43. The Balaban J connectivity index is 2.69. The molecule has 0 saturated carbocycles. The Morgan fingerprint density at radius 3 is 2.76 bits per heavy atom. The number of nitrogens with zero attached hydrogens (tertiary/aromatic N) is 2. The third kappa shape index (κ3) is 3.58. The van der Waals surface area contributed by atoms with E-state index in [4.69, 9.17) is 5.73 Å². The topological polar surface area (TPSA) is 58.7 Å². The van der Waals surface area contributed by atoms with Gasteiger partial charge < -0.3 is 10.6 Å². The predicted octanol–water partition coefficient (Wildman–Crippen LogP) is 1.42. The highest BCUT2D eigenvalue weighted by Gasteiger charge is 2.26. The van der Waals surface area contributed by atoms with Crippen LogP contribution in [-0.2, 0) is 4.79 Å². The minimum absolute atomic E-state index is 0.000417. The van der Waals surface area contributed by atoms with Crippen LogP contribution in [0.5, 0.6) is 0 Å². The maximum Gasteiger partial charge on any atom is 0.272 e. The molecule has 17 heavy (non-hydrogen) atoms. The SMILES string of the molecule is CN=C(/C=C\N)C(=O)N1CCCC(C(C)C)C1. The number of carbonyl (C=O) groups excluding carboxylic acids is 1. The molecule has 1 aliphatic rings. The average Bonchev–Trinajstić information content (AvgIpc) is 2.35. The van der Waals surface area contributed by atoms with Gasteiger partial charge in [-0.25, -0.2) is 0 Å². The number of amides is 1. The van der Waals surface area contributed by atoms with Crippen LogP contribution >= 0.6 is 0 Å². The predicted molar refractivity (Wildman–Crippen MR) is 70.8 cm³/mol. The van der Waals surface area contributed by atoms with Gasteiger partial charge in [-0.1, -0.05) is 13.8 Å². The lowest BCUT2D eigenvalue weighted by atomic mass is 9.88. The van der Waals surface area contributed by atoms with Crippen molar-refractivity contribution in [3.05, 3.63) is 12.3 Å². The lowest BCUT2D eigenvalue weighted by Gasteiger charge is -2.34. The van der Waals surface area contributed by atoms with E-state index in [0.717, 1.165) is 19.5 Å². The summed E-state index contributed by atoms with van der Waals surface area (Å²) in [6.07, 6.45) is 5.23. The van der Waals surface area contributed by atoms with E-state index >= 15 is 0 Å². The van der Waals surface area contributed by atoms with E-state index in [1.165, 1.54) is 12.6 Å². The van der Waals surface area contributed by atoms with Gasteiger partial charge in [0, 0.05) is 20.1 Å². The molecule has 4 heteroatoms. The minimum Gasteiger partial charge on any atom is -0.405 e. The number of piperidine rings is 1. The van der Waals surface area contributed by atoms with Crippen molar-refractivity contribution in [3.8, 4) is 0 Å². The Hall–Kier alpha value is -1.32. The summed E-state index contributed by atoms with van der Waals surface area (Å²) in [5.41, 5.74) is 5.76. The van der Waals surface area contributed by atoms with E-state index < -0.39 is 0 Å². The molecule has 1 amide bonds. The molecule has 1 rings (SSSR count). The van der Waals surface area contributed by atoms with Gasteiger partial charge in [-0.3, -0.25) is 9.79 Å². The summed E-state index contributed by atoms with van der Waals surface area (Å²) in [5, 5.41) is 0. The van der Waals surface area contributed by atoms with E-state index in [9.17, 15) is 4.79 Å². The molecular weight excluding hydrogens is 214 g/mol. The Bertz CT molecular complexity index is 321. The van der Waals surface area contributed by atoms with Crippen LogP contribution < -0.4 is 5.73 Å². The molecule has 1 aliphatic heterocycles. The zero-order chi connectivity index (χ0) is 12.8. The van der Waals surface area contributed by atoms with E-state index in [2.05, 4.69) is 18.8 Å². The fraction of sp³-hybridized carbons (Fsp3) is 0.692. The van der Waals surface area contributed by atoms with Crippen molar-refractivity contribution in [2.24, 2.45) is 22.6 Å². The first kappa shape index (κ1) is 13.7. The number of hydrogen-bond donors (Lipinski definition) is 1. The van der Waals surface area contributed by atoms with E-state index in [1.54, 1.807) is 13.1 Å². The van der Waals surface area contributed by atoms with Crippen LogP contribution in [-0.4, -0.2) is 36.7 Å². The molecule has 1 saturated heterocycles. The van der Waals surface area contributed by atoms with Crippen molar-refractivity contribution in [1.82, 2.24) is 4.90 Å². The molecule has 1 atom stereocenters. The Morgan fingerprint density at radius 1 is 1.53 bits per heavy atom. The monoisotopic (exact) mass is 237 g/mol. The first-order valence-electron chi connectivity index (χ1n) is 6.24. The maximum atomic E-state index is 12.2. The molecule has 0 aliphatic carbocycles. The molecule has 1 heterocycles. The van der Waals surface area contributed by atoms with E-state index in [-0.39, 0.29) is 5.91 Å². The molecule has 96 valence electrons. The number of hydrogen-bond acceptors (Lipinski definition) is 3. The average molecular weight is 237 g/mol. The molecule has 4 nitrogen and oxygen atoms in total. The first-order valence-corrected chi connectivity index (χ1v) is 6.24. The summed E-state index contributed by atoms with van der Waals surface area (Å²) in [5.74, 6) is 1.23. The van der Waals surface area contributed by atoms with E-state index in [1.807, 2.05) is 4.90 Å². The third-order valence-corrected chi connectivity index (χ3v) is 3.40. The molecule has 0 aromatic heterocycles. The summed E-state index contributed by atoms with van der Waals surface area (Å²) < 4.78 is 0. The number of likely N-dealkylation sites (tertiary alicyclic amines) is 1. The molecule has 0 bridgehead atoms. The molecular formula is C13H23N3O. The molecule has 0 aromatic carbocycles. The summed E-state index contributed by atoms with van der Waals surface area (Å²) >= 11 is 0. The second-order valence-electron chi connectivity index (χ2n) is 4.87. The van der Waals surface area contributed by atoms with E-state index in [0.29, 0.717) is 17.5 Å². The molecule has 0 aromatic rings. The molecule has 1 unspecified atom stereocenters. The normalized spacial score (nSPS) is 22.5. The van der Waals surface area contributed by atoms with Gasteiger partial charge in [-0.15, -0.1) is 0 Å². The van der Waals surface area contributed by atoms with Crippen LogP contribution in [0.4, 0.5) is 0 Å². The van der Waals surface area contributed by atoms with Crippen LogP contribution in [0, 0.1) is 11.8 Å². The Morgan fingerprint density at radius 2 is 2.24 bits per heavy atom. The zero-order valence-electron chi connectivity index (χ0n) is 11.0. The van der Waals surface area contributed by atoms with Crippen LogP contribution in [0.15, 0.2) is 17.3 Å². The van der Waals surface area contributed by atoms with Crippen molar-refractivity contribution in [2.45, 2.75) is 26.7 Å². The van der Waals surface area contributed by atoms with Crippen LogP contribution in [0.3, 0.4) is 0 Å². The summed E-state index contributed by atoms with van der Waals surface area (Å²) in [7, 11) is 1.62. The molecule has 2 N–H and O–H groups in total. The van der Waals surface area contributed by atoms with Crippen molar-refractivity contribution in [1.29, 1.82) is 0 Å². The van der Waals surface area contributed by atoms with Gasteiger partial charge in [-0.05, 0) is 37.0 Å². The Labute approximate surface area is 104 Å². The van der Waals surface area contributed by atoms with Gasteiger partial charge in [0.1, 0.15) is 5.71 Å². The van der Waals surface area contributed by atoms with Gasteiger partial charge in [0.2, 0.25) is 0 Å². The minimum atomic E-state index is -0.000417. The lowest BCUT2D eigenvalue weighted by molar-refractivity contribution is -0.126. The largest absolute Gasteiger partial charge is 0.405 e. The molecule has 0 radical (unpaired) electrons. The van der Waals surface area contributed by atoms with Crippen molar-refractivity contribution < 1.29 is 4.79 Å². The number of aliphatic imine (C=N–C) groups is 1. The second kappa shape index (κ2) is 6.42. The summed E-state index contributed by atoms with van der Waals surface area (Å²) in [6.45, 7) is 6.11. The highest BCUT2D eigenvalue weighted by atomic mass is 16.2. The van der Waals surface area contributed by atoms with Crippen molar-refractivity contribution in [3.63, 3.8) is 0 Å². The van der Waals surface area contributed by atoms with Crippen molar-refractivity contribution >= 4 is 11.6 Å². The smallest absolute Gasteiger partial charge is 0.272 e. The summed E-state index contributed by atoms with van der Waals surface area (Å²) in [6, 6.07) is 0. The van der Waals surface area contributed by atoms with Gasteiger partial charge in [0.15, 0.2) is 0 Å². The maximum absolute atomic E-state index is 12.2. The molecule has 0 spiro atoms. The quantitative estimate of drug-likeness (QED) is 0.755. The zero-order valence-corrected chi connectivity index (χ0v) is 11.0. The van der Waals surface area contributed by atoms with Gasteiger partial charge >= 0.3 is 0 Å². The van der Waals surface area contributed by atoms with Crippen molar-refractivity contribution in [2.75, 3.05) is 20.1 Å². The van der Waals surface area contributed by atoms with Gasteiger partial charge in [-0.2, -0.15) is 0 Å². The van der Waals surface area contributed by atoms with Crippen LogP contribution in [0.2, 0.25) is 0 Å². The fourth-order valence-corrected chi connectivity index (χ4v) is 2.23. The second-order valence-corrected chi connectivity index (χ2v) is 4.87. The number of carbonyl (C=O) groups is 1. The Kier molecular flexibility index (Phi) is 5.19. The first-order chi connectivity index (χ1) is 8.10. The van der Waals surface area contributed by atoms with Gasteiger partial charge in [0.25, 0.3) is 5.91 Å². The number of rotatable bonds is 3. The summed E-state index contributed by atoms with van der Waals surface area (Å²) in [4.78, 5) is 18.1. The van der Waals surface area contributed by atoms with Crippen LogP contribution in [0.25, 0.3) is 0 Å². The van der Waals surface area contributed by atoms with Crippen LogP contribution in [0.1, 0.15) is 26.7 Å². The number of nitrogens with two attached hydrogens (primary N) is 1. The lowest BCUT2D eigenvalue weighted by Crippen LogP contribution is -2.44. The highest BCUT2D eigenvalue weighted by Crippen LogP contribution is 2.23. The standard InChI is InChI=1S/C13H23N3O/c1-10(2)11-5-4-8-16(9-11)13(17)12(15-3)6-7-14/h6-7,10-11H,4-5,8-9,14H2,1-3H3/b7-6-,15-12?. The molecule has 1 fully saturated rings. The third-order valence-electron chi connectivity index (χ3n) is 3.40. The fourth-order valence-electron chi connectivity index (χ4n) is 2.23.